The second kappa shape index (κ2) is 6.78. The van der Waals surface area contributed by atoms with Crippen molar-refractivity contribution >= 4 is 17.2 Å². The Bertz CT molecular complexity index is 968. The van der Waals surface area contributed by atoms with Gasteiger partial charge in [-0.15, -0.1) is 10.2 Å². The van der Waals surface area contributed by atoms with Gasteiger partial charge in [0.1, 0.15) is 22.8 Å². The first kappa shape index (κ1) is 17.9. The van der Waals surface area contributed by atoms with E-state index >= 15 is 0 Å². The Hall–Kier alpha value is -2.89. The topological polar surface area (TPSA) is 60.5 Å². The van der Waals surface area contributed by atoms with Crippen LogP contribution in [0.1, 0.15) is 32.0 Å². The first-order chi connectivity index (χ1) is 12.3. The summed E-state index contributed by atoms with van der Waals surface area (Å²) in [5, 5.41) is 8.97. The van der Waals surface area contributed by atoms with Crippen LogP contribution in [-0.2, 0) is 5.41 Å². The molecule has 2 heterocycles. The Morgan fingerprint density at radius 3 is 2.42 bits per heavy atom. The second-order valence-corrected chi connectivity index (χ2v) is 7.21. The highest BCUT2D eigenvalue weighted by molar-refractivity contribution is 5.57. The van der Waals surface area contributed by atoms with Crippen molar-refractivity contribution in [3.63, 3.8) is 0 Å². The third-order valence-corrected chi connectivity index (χ3v) is 4.09. The highest BCUT2D eigenvalue weighted by Gasteiger charge is 2.24. The fraction of sp³-hybridized carbons (Fsp3) is 0.350. The fourth-order valence-corrected chi connectivity index (χ4v) is 2.71. The van der Waals surface area contributed by atoms with Crippen molar-refractivity contribution in [2.75, 3.05) is 14.2 Å². The Morgan fingerprint density at radius 2 is 1.77 bits per heavy atom. The maximum atomic E-state index is 5.41. The number of benzene rings is 1. The van der Waals surface area contributed by atoms with Gasteiger partial charge in [-0.2, -0.15) is 0 Å². The lowest BCUT2D eigenvalue weighted by molar-refractivity contribution is 0.395. The molecule has 6 nitrogen and oxygen atoms in total. The molecule has 26 heavy (non-hydrogen) atoms. The average molecular weight is 352 g/mol. The molecule has 6 heteroatoms. The summed E-state index contributed by atoms with van der Waals surface area (Å²) in [5.74, 6) is 2.05. The van der Waals surface area contributed by atoms with Gasteiger partial charge in [-0.3, -0.25) is 4.40 Å². The Morgan fingerprint density at radius 1 is 1.00 bits per heavy atom. The number of rotatable bonds is 4. The molecule has 3 rings (SSSR count). The number of methoxy groups -OCH3 is 2. The van der Waals surface area contributed by atoms with Gasteiger partial charge in [0.15, 0.2) is 5.82 Å². The van der Waals surface area contributed by atoms with E-state index in [1.165, 1.54) is 0 Å². The lowest BCUT2D eigenvalue weighted by Gasteiger charge is -2.15. The summed E-state index contributed by atoms with van der Waals surface area (Å²) in [6.07, 6.45) is 2.02. The highest BCUT2D eigenvalue weighted by Crippen LogP contribution is 2.36. The van der Waals surface area contributed by atoms with Crippen LogP contribution in [0.25, 0.3) is 5.65 Å². The molecule has 2 aromatic heterocycles. The molecule has 0 N–H and O–H groups in total. The molecule has 0 aliphatic rings. The Kier molecular flexibility index (Phi) is 4.68. The predicted molar refractivity (Wildman–Crippen MR) is 102 cm³/mol. The normalized spacial score (nSPS) is 12.1. The average Bonchev–Trinajstić information content (AvgIpc) is 2.97. The van der Waals surface area contributed by atoms with Crippen LogP contribution in [0.15, 0.2) is 46.8 Å². The molecule has 0 aliphatic carbocycles. The summed E-state index contributed by atoms with van der Waals surface area (Å²) in [7, 11) is 3.22. The van der Waals surface area contributed by atoms with E-state index in [1.807, 2.05) is 41.8 Å². The lowest BCUT2D eigenvalue weighted by Crippen LogP contribution is -2.11. The summed E-state index contributed by atoms with van der Waals surface area (Å²) >= 11 is 0. The largest absolute Gasteiger partial charge is 0.497 e. The van der Waals surface area contributed by atoms with E-state index < -0.39 is 0 Å². The maximum Gasteiger partial charge on any atom is 0.183 e. The Balaban J connectivity index is 2.13. The van der Waals surface area contributed by atoms with Gasteiger partial charge in [0, 0.05) is 17.7 Å². The van der Waals surface area contributed by atoms with Crippen LogP contribution in [0.5, 0.6) is 11.5 Å². The van der Waals surface area contributed by atoms with Crippen LogP contribution in [0.4, 0.5) is 11.5 Å². The zero-order valence-electron chi connectivity index (χ0n) is 16.1. The van der Waals surface area contributed by atoms with Crippen LogP contribution < -0.4 is 9.47 Å². The molecule has 3 aromatic rings. The molecule has 0 amide bonds. The number of nitrogens with zero attached hydrogens (tertiary/aromatic N) is 4. The molecule has 0 fully saturated rings. The van der Waals surface area contributed by atoms with E-state index in [-0.39, 0.29) is 5.41 Å². The summed E-state index contributed by atoms with van der Waals surface area (Å²) in [6.45, 7) is 8.40. The van der Waals surface area contributed by atoms with Gasteiger partial charge in [0.25, 0.3) is 0 Å². The van der Waals surface area contributed by atoms with Crippen LogP contribution in [0.3, 0.4) is 0 Å². The number of aryl methyl sites for hydroxylation is 1. The van der Waals surface area contributed by atoms with Crippen molar-refractivity contribution < 1.29 is 9.47 Å². The molecule has 0 aliphatic heterocycles. The summed E-state index contributed by atoms with van der Waals surface area (Å²) < 4.78 is 12.6. The zero-order chi connectivity index (χ0) is 18.9. The minimum absolute atomic E-state index is 0.154. The van der Waals surface area contributed by atoms with Gasteiger partial charge in [0.05, 0.1) is 19.9 Å². The van der Waals surface area contributed by atoms with E-state index in [0.29, 0.717) is 17.2 Å². The van der Waals surface area contributed by atoms with Crippen LogP contribution in [0, 0.1) is 6.92 Å². The third-order valence-electron chi connectivity index (χ3n) is 4.09. The van der Waals surface area contributed by atoms with E-state index in [4.69, 9.17) is 14.5 Å². The molecule has 0 radical (unpaired) electrons. The molecule has 0 unspecified atom stereocenters. The van der Waals surface area contributed by atoms with Gasteiger partial charge < -0.3 is 9.47 Å². The quantitative estimate of drug-likeness (QED) is 0.593. The second-order valence-electron chi connectivity index (χ2n) is 7.21. The number of pyridine rings is 1. The first-order valence-corrected chi connectivity index (χ1v) is 8.46. The van der Waals surface area contributed by atoms with Gasteiger partial charge in [-0.25, -0.2) is 4.98 Å². The van der Waals surface area contributed by atoms with Gasteiger partial charge in [-0.1, -0.05) is 26.8 Å². The highest BCUT2D eigenvalue weighted by atomic mass is 16.5. The lowest BCUT2D eigenvalue weighted by atomic mass is 9.92. The third kappa shape index (κ3) is 3.40. The number of aromatic nitrogens is 2. The maximum absolute atomic E-state index is 5.41. The predicted octanol–water partition coefficient (Wildman–Crippen LogP) is 5.37. The first-order valence-electron chi connectivity index (χ1n) is 8.46. The molecule has 0 spiro atoms. The van der Waals surface area contributed by atoms with Crippen molar-refractivity contribution in [1.29, 1.82) is 0 Å². The number of imidazole rings is 1. The summed E-state index contributed by atoms with van der Waals surface area (Å²) in [5.41, 5.74) is 3.37. The number of fused-ring (bicyclic) bond motifs is 1. The number of azo groups is 1. The molecular weight excluding hydrogens is 328 g/mol. The fourth-order valence-electron chi connectivity index (χ4n) is 2.71. The van der Waals surface area contributed by atoms with Gasteiger partial charge in [-0.05, 0) is 30.7 Å². The van der Waals surface area contributed by atoms with Crippen molar-refractivity contribution in [3.05, 3.63) is 47.8 Å². The van der Waals surface area contributed by atoms with E-state index in [9.17, 15) is 0 Å². The van der Waals surface area contributed by atoms with Crippen LogP contribution in [0.2, 0.25) is 0 Å². The molecule has 0 atom stereocenters. The smallest absolute Gasteiger partial charge is 0.183 e. The SMILES string of the molecule is COc1ccc(N=Nc2c(C(C)(C)C)nc3ccc(C)cn23)c(OC)c1. The van der Waals surface area contributed by atoms with Crippen molar-refractivity contribution in [2.24, 2.45) is 10.2 Å². The van der Waals surface area contributed by atoms with Crippen molar-refractivity contribution in [1.82, 2.24) is 9.38 Å². The van der Waals surface area contributed by atoms with Crippen molar-refractivity contribution in [2.45, 2.75) is 33.1 Å². The standard InChI is InChI=1S/C20H24N4O2/c1-13-7-10-17-21-18(20(2,3)4)19(24(17)12-13)23-22-15-9-8-14(25-5)11-16(15)26-6/h7-12H,1-6H3. The van der Waals surface area contributed by atoms with Crippen molar-refractivity contribution in [3.8, 4) is 11.5 Å². The molecule has 136 valence electrons. The molecule has 1 aromatic carbocycles. The number of ether oxygens (including phenoxy) is 2. The number of hydrogen-bond acceptors (Lipinski definition) is 5. The molecule has 0 saturated carbocycles. The van der Waals surface area contributed by atoms with Gasteiger partial charge >= 0.3 is 0 Å². The minimum Gasteiger partial charge on any atom is -0.497 e. The van der Waals surface area contributed by atoms with E-state index in [0.717, 1.165) is 22.7 Å². The minimum atomic E-state index is -0.154. The summed E-state index contributed by atoms with van der Waals surface area (Å²) in [4.78, 5) is 4.77. The molecule has 0 saturated heterocycles. The Labute approximate surface area is 153 Å². The monoisotopic (exact) mass is 352 g/mol. The van der Waals surface area contributed by atoms with Crippen LogP contribution in [-0.4, -0.2) is 23.6 Å². The zero-order valence-corrected chi connectivity index (χ0v) is 16.1. The number of hydrogen-bond donors (Lipinski definition) is 0. The molecule has 0 bridgehead atoms. The summed E-state index contributed by atoms with van der Waals surface area (Å²) in [6, 6.07) is 9.49. The molecular formula is C20H24N4O2. The van der Waals surface area contributed by atoms with Gasteiger partial charge in [0.2, 0.25) is 0 Å². The van der Waals surface area contributed by atoms with E-state index in [2.05, 4.69) is 31.0 Å². The van der Waals surface area contributed by atoms with E-state index in [1.54, 1.807) is 20.3 Å². The van der Waals surface area contributed by atoms with Crippen LogP contribution >= 0.6 is 0 Å².